The summed E-state index contributed by atoms with van der Waals surface area (Å²) in [6.45, 7) is 0. The molecule has 6 heteroatoms. The van der Waals surface area contributed by atoms with E-state index >= 15 is 0 Å². The summed E-state index contributed by atoms with van der Waals surface area (Å²) in [4.78, 5) is 30.2. The molecule has 27 heavy (non-hydrogen) atoms. The molecule has 2 heterocycles. The number of aryl methyl sites for hydroxylation is 2. The van der Waals surface area contributed by atoms with E-state index in [-0.39, 0.29) is 17.5 Å². The molecule has 5 rings (SSSR count). The summed E-state index contributed by atoms with van der Waals surface area (Å²) in [5, 5.41) is 6.29. The summed E-state index contributed by atoms with van der Waals surface area (Å²) in [7, 11) is 1.76. The van der Waals surface area contributed by atoms with E-state index in [4.69, 9.17) is 0 Å². The smallest absolute Gasteiger partial charge is 0.274 e. The Morgan fingerprint density at radius 2 is 2.07 bits per heavy atom. The average Bonchev–Trinajstić information content (AvgIpc) is 3.48. The average molecular weight is 362 g/mol. The third-order valence-corrected chi connectivity index (χ3v) is 5.75. The zero-order chi connectivity index (χ0) is 18.5. The maximum absolute atomic E-state index is 13.2. The highest BCUT2D eigenvalue weighted by molar-refractivity contribution is 6.05. The van der Waals surface area contributed by atoms with Gasteiger partial charge in [0.25, 0.3) is 11.5 Å². The number of aromatic amines is 1. The number of amides is 1. The molecule has 1 saturated carbocycles. The van der Waals surface area contributed by atoms with E-state index in [1.54, 1.807) is 11.7 Å². The zero-order valence-electron chi connectivity index (χ0n) is 15.3. The summed E-state index contributed by atoms with van der Waals surface area (Å²) in [5.41, 5.74) is 4.12. The lowest BCUT2D eigenvalue weighted by molar-refractivity contribution is 0.0934. The predicted octanol–water partition coefficient (Wildman–Crippen LogP) is 2.95. The van der Waals surface area contributed by atoms with Crippen LogP contribution in [0, 0.1) is 0 Å². The van der Waals surface area contributed by atoms with Crippen LogP contribution >= 0.6 is 0 Å². The van der Waals surface area contributed by atoms with Gasteiger partial charge in [-0.2, -0.15) is 0 Å². The van der Waals surface area contributed by atoms with Gasteiger partial charge in [0, 0.05) is 18.7 Å². The number of carbonyl (C=O) groups is 1. The number of hydrogen-bond donors (Lipinski definition) is 2. The first-order chi connectivity index (χ1) is 13.1. The summed E-state index contributed by atoms with van der Waals surface area (Å²) < 4.78 is 1.61. The molecule has 1 fully saturated rings. The lowest BCUT2D eigenvalue weighted by atomic mass is 9.87. The molecule has 0 bridgehead atoms. The topological polar surface area (TPSA) is 79.8 Å². The first-order valence-corrected chi connectivity index (χ1v) is 9.60. The standard InChI is InChI=1S/C21H22N4O2/c1-25-19-18(21(27)24-25)15(11-17(22-19)13-9-10-13)20(26)23-16-8-4-6-12-5-2-3-7-14(12)16/h2-3,5,7,11,13,16H,4,6,8-10H2,1H3,(H,23,26)(H,24,27)/t16-/m0/s1. The first-order valence-electron chi connectivity index (χ1n) is 9.60. The molecular weight excluding hydrogens is 340 g/mol. The molecule has 6 nitrogen and oxygen atoms in total. The van der Waals surface area contributed by atoms with Gasteiger partial charge in [0.15, 0.2) is 5.65 Å². The largest absolute Gasteiger partial charge is 0.345 e. The van der Waals surface area contributed by atoms with Crippen molar-refractivity contribution in [3.8, 4) is 0 Å². The minimum atomic E-state index is -0.267. The predicted molar refractivity (Wildman–Crippen MR) is 103 cm³/mol. The van der Waals surface area contributed by atoms with Gasteiger partial charge in [-0.05, 0) is 49.3 Å². The van der Waals surface area contributed by atoms with Crippen LogP contribution in [0.15, 0.2) is 35.1 Å². The fraction of sp³-hybridized carbons (Fsp3) is 0.381. The van der Waals surface area contributed by atoms with E-state index in [0.29, 0.717) is 22.5 Å². The normalized spacial score (nSPS) is 19.1. The number of carbonyl (C=O) groups excluding carboxylic acids is 1. The van der Waals surface area contributed by atoms with Crippen molar-refractivity contribution in [2.45, 2.75) is 44.1 Å². The van der Waals surface area contributed by atoms with Crippen LogP contribution in [0.1, 0.15) is 64.8 Å². The number of nitrogens with one attached hydrogen (secondary N) is 2. The van der Waals surface area contributed by atoms with Crippen molar-refractivity contribution in [3.05, 3.63) is 63.1 Å². The van der Waals surface area contributed by atoms with Crippen LogP contribution in [0.3, 0.4) is 0 Å². The van der Waals surface area contributed by atoms with Crippen LogP contribution in [-0.2, 0) is 13.5 Å². The Hall–Kier alpha value is -2.89. The quantitative estimate of drug-likeness (QED) is 0.752. The van der Waals surface area contributed by atoms with Crippen molar-refractivity contribution < 1.29 is 4.79 Å². The first kappa shape index (κ1) is 16.3. The number of pyridine rings is 1. The molecule has 1 amide bonds. The van der Waals surface area contributed by atoms with Crippen molar-refractivity contribution in [3.63, 3.8) is 0 Å². The van der Waals surface area contributed by atoms with Crippen LogP contribution in [0.25, 0.3) is 11.0 Å². The Morgan fingerprint density at radius 1 is 1.26 bits per heavy atom. The van der Waals surface area contributed by atoms with Gasteiger partial charge < -0.3 is 5.32 Å². The van der Waals surface area contributed by atoms with Gasteiger partial charge in [-0.1, -0.05) is 24.3 Å². The molecular formula is C21H22N4O2. The summed E-state index contributed by atoms with van der Waals surface area (Å²) >= 11 is 0. The molecule has 2 aromatic heterocycles. The number of H-pyrrole nitrogens is 1. The van der Waals surface area contributed by atoms with Crippen molar-refractivity contribution in [1.82, 2.24) is 20.1 Å². The number of fused-ring (bicyclic) bond motifs is 2. The SMILES string of the molecule is Cn1[nH]c(=O)c2c(C(=O)N[C@H]3CCCc4ccccc43)cc(C3CC3)nc21. The van der Waals surface area contributed by atoms with Gasteiger partial charge in [-0.3, -0.25) is 19.4 Å². The number of nitrogens with zero attached hydrogens (tertiary/aromatic N) is 2. The van der Waals surface area contributed by atoms with Crippen molar-refractivity contribution >= 4 is 16.9 Å². The fourth-order valence-electron chi connectivity index (χ4n) is 4.19. The number of aromatic nitrogens is 3. The van der Waals surface area contributed by atoms with Gasteiger partial charge in [-0.15, -0.1) is 0 Å². The second-order valence-corrected chi connectivity index (χ2v) is 7.68. The molecule has 0 saturated heterocycles. The van der Waals surface area contributed by atoms with E-state index in [9.17, 15) is 9.59 Å². The van der Waals surface area contributed by atoms with E-state index < -0.39 is 0 Å². The van der Waals surface area contributed by atoms with Gasteiger partial charge in [0.05, 0.1) is 17.0 Å². The van der Waals surface area contributed by atoms with Crippen LogP contribution in [0.5, 0.6) is 0 Å². The molecule has 2 aliphatic carbocycles. The van der Waals surface area contributed by atoms with E-state index in [2.05, 4.69) is 27.5 Å². The maximum atomic E-state index is 13.2. The summed E-state index contributed by atoms with van der Waals surface area (Å²) in [6, 6.07) is 10.1. The van der Waals surface area contributed by atoms with Gasteiger partial charge >= 0.3 is 0 Å². The van der Waals surface area contributed by atoms with Crippen molar-refractivity contribution in [1.29, 1.82) is 0 Å². The Bertz CT molecular complexity index is 1110. The van der Waals surface area contributed by atoms with Crippen LogP contribution < -0.4 is 10.9 Å². The Labute approximate surface area is 156 Å². The monoisotopic (exact) mass is 362 g/mol. The number of rotatable bonds is 3. The van der Waals surface area contributed by atoms with Crippen LogP contribution in [0.4, 0.5) is 0 Å². The van der Waals surface area contributed by atoms with Crippen LogP contribution in [0.2, 0.25) is 0 Å². The highest BCUT2D eigenvalue weighted by atomic mass is 16.2. The van der Waals surface area contributed by atoms with E-state index in [0.717, 1.165) is 37.8 Å². The Morgan fingerprint density at radius 3 is 2.89 bits per heavy atom. The Kier molecular flexibility index (Phi) is 3.67. The van der Waals surface area contributed by atoms with E-state index in [1.807, 2.05) is 18.2 Å². The Balaban J connectivity index is 1.56. The third-order valence-electron chi connectivity index (χ3n) is 5.75. The molecule has 1 atom stereocenters. The van der Waals surface area contributed by atoms with Gasteiger partial charge in [0.1, 0.15) is 0 Å². The number of benzene rings is 1. The molecule has 2 N–H and O–H groups in total. The van der Waals surface area contributed by atoms with Gasteiger partial charge in [-0.25, -0.2) is 4.98 Å². The highest BCUT2D eigenvalue weighted by Gasteiger charge is 2.29. The van der Waals surface area contributed by atoms with Gasteiger partial charge in [0.2, 0.25) is 0 Å². The highest BCUT2D eigenvalue weighted by Crippen LogP contribution is 2.40. The minimum Gasteiger partial charge on any atom is -0.345 e. The third kappa shape index (κ3) is 2.76. The molecule has 3 aromatic rings. The molecule has 0 radical (unpaired) electrons. The van der Waals surface area contributed by atoms with Crippen molar-refractivity contribution in [2.75, 3.05) is 0 Å². The molecule has 138 valence electrons. The number of hydrogen-bond acceptors (Lipinski definition) is 3. The van der Waals surface area contributed by atoms with Crippen LogP contribution in [-0.4, -0.2) is 20.7 Å². The molecule has 1 aromatic carbocycles. The second kappa shape index (κ2) is 6.08. The second-order valence-electron chi connectivity index (χ2n) is 7.68. The van der Waals surface area contributed by atoms with E-state index in [1.165, 1.54) is 11.1 Å². The lowest BCUT2D eigenvalue weighted by Gasteiger charge is -2.26. The minimum absolute atomic E-state index is 0.0159. The molecule has 2 aliphatic rings. The molecule has 0 aliphatic heterocycles. The summed E-state index contributed by atoms with van der Waals surface area (Å²) in [6.07, 6.45) is 5.19. The summed E-state index contributed by atoms with van der Waals surface area (Å²) in [5.74, 6) is 0.212. The molecule has 0 spiro atoms. The van der Waals surface area contributed by atoms with Crippen molar-refractivity contribution in [2.24, 2.45) is 7.05 Å². The maximum Gasteiger partial charge on any atom is 0.274 e. The fourth-order valence-corrected chi connectivity index (χ4v) is 4.19. The zero-order valence-corrected chi connectivity index (χ0v) is 15.3. The molecule has 0 unspecified atom stereocenters. The lowest BCUT2D eigenvalue weighted by Crippen LogP contribution is -2.31.